The number of benzene rings is 2. The fourth-order valence-electron chi connectivity index (χ4n) is 3.86. The Bertz CT molecular complexity index is 1160. The molecule has 0 bridgehead atoms. The lowest BCUT2D eigenvalue weighted by Gasteiger charge is -2.25. The van der Waals surface area contributed by atoms with E-state index >= 15 is 0 Å². The van der Waals surface area contributed by atoms with Crippen LogP contribution in [-0.4, -0.2) is 35.4 Å². The summed E-state index contributed by atoms with van der Waals surface area (Å²) in [6.07, 6.45) is 2.36. The van der Waals surface area contributed by atoms with Gasteiger partial charge in [-0.2, -0.15) is 0 Å². The van der Waals surface area contributed by atoms with Crippen molar-refractivity contribution in [3.8, 4) is 11.5 Å². The van der Waals surface area contributed by atoms with E-state index in [2.05, 4.69) is 0 Å². The predicted octanol–water partition coefficient (Wildman–Crippen LogP) is 4.70. The number of amides is 1. The van der Waals surface area contributed by atoms with Crippen molar-refractivity contribution in [2.45, 2.75) is 25.9 Å². The average molecular weight is 447 g/mol. The maximum Gasteiger partial charge on any atom is 0.296 e. The van der Waals surface area contributed by atoms with Crippen molar-refractivity contribution >= 4 is 17.4 Å². The van der Waals surface area contributed by atoms with Crippen LogP contribution in [0, 0.1) is 0 Å². The van der Waals surface area contributed by atoms with Crippen molar-refractivity contribution in [3.63, 3.8) is 0 Å². The highest BCUT2D eigenvalue weighted by molar-refractivity contribution is 6.46. The molecule has 2 aromatic carbocycles. The first-order valence-electron chi connectivity index (χ1n) is 10.7. The fraction of sp³-hybridized carbons (Fsp3) is 0.231. The van der Waals surface area contributed by atoms with Gasteiger partial charge in [0.1, 0.15) is 23.0 Å². The van der Waals surface area contributed by atoms with Gasteiger partial charge in [0.15, 0.2) is 0 Å². The smallest absolute Gasteiger partial charge is 0.296 e. The lowest BCUT2D eigenvalue weighted by molar-refractivity contribution is -0.140. The molecule has 3 aromatic rings. The lowest BCUT2D eigenvalue weighted by Crippen LogP contribution is -2.29. The molecule has 0 spiro atoms. The zero-order valence-electron chi connectivity index (χ0n) is 18.5. The van der Waals surface area contributed by atoms with Crippen LogP contribution in [0.25, 0.3) is 5.76 Å². The number of hydrogen-bond acceptors (Lipinski definition) is 6. The molecule has 1 aromatic heterocycles. The van der Waals surface area contributed by atoms with Crippen LogP contribution in [0.4, 0.5) is 0 Å². The number of nitrogens with zero attached hydrogens (tertiary/aromatic N) is 1. The molecular formula is C26H25NO6. The van der Waals surface area contributed by atoms with Gasteiger partial charge >= 0.3 is 0 Å². The first kappa shape index (κ1) is 22.2. The van der Waals surface area contributed by atoms with E-state index in [-0.39, 0.29) is 17.9 Å². The lowest BCUT2D eigenvalue weighted by atomic mass is 9.95. The molecule has 1 N–H and O–H groups in total. The Balaban J connectivity index is 1.82. The Kier molecular flexibility index (Phi) is 6.49. The molecule has 7 heteroatoms. The van der Waals surface area contributed by atoms with Gasteiger partial charge < -0.3 is 23.9 Å². The van der Waals surface area contributed by atoms with Crippen LogP contribution in [0.5, 0.6) is 11.5 Å². The maximum absolute atomic E-state index is 13.1. The highest BCUT2D eigenvalue weighted by atomic mass is 16.5. The summed E-state index contributed by atoms with van der Waals surface area (Å²) in [7, 11) is 1.54. The zero-order chi connectivity index (χ0) is 23.4. The second-order valence-electron chi connectivity index (χ2n) is 7.66. The number of hydrogen-bond donors (Lipinski definition) is 1. The van der Waals surface area contributed by atoms with Gasteiger partial charge in [-0.05, 0) is 60.5 Å². The van der Waals surface area contributed by atoms with E-state index < -0.39 is 17.7 Å². The zero-order valence-corrected chi connectivity index (χ0v) is 18.5. The van der Waals surface area contributed by atoms with Crippen molar-refractivity contribution < 1.29 is 28.6 Å². The summed E-state index contributed by atoms with van der Waals surface area (Å²) >= 11 is 0. The number of ketones is 1. The minimum atomic E-state index is -0.803. The molecule has 33 heavy (non-hydrogen) atoms. The molecule has 7 nitrogen and oxygen atoms in total. The Morgan fingerprint density at radius 3 is 2.52 bits per heavy atom. The van der Waals surface area contributed by atoms with E-state index in [4.69, 9.17) is 13.9 Å². The molecule has 0 radical (unpaired) electrons. The van der Waals surface area contributed by atoms with E-state index in [0.29, 0.717) is 35.0 Å². The van der Waals surface area contributed by atoms with E-state index in [1.165, 1.54) is 11.2 Å². The third-order valence-electron chi connectivity index (χ3n) is 5.46. The molecule has 1 aliphatic rings. The second-order valence-corrected chi connectivity index (χ2v) is 7.66. The Morgan fingerprint density at radius 2 is 1.85 bits per heavy atom. The molecule has 1 unspecified atom stereocenters. The summed E-state index contributed by atoms with van der Waals surface area (Å²) in [4.78, 5) is 27.6. The number of likely N-dealkylation sites (tertiary alicyclic amines) is 1. The van der Waals surface area contributed by atoms with Crippen LogP contribution < -0.4 is 9.47 Å². The summed E-state index contributed by atoms with van der Waals surface area (Å²) in [6.45, 7) is 2.64. The van der Waals surface area contributed by atoms with Gasteiger partial charge in [-0.3, -0.25) is 9.59 Å². The third kappa shape index (κ3) is 4.48. The van der Waals surface area contributed by atoms with E-state index in [1.54, 1.807) is 55.6 Å². The minimum absolute atomic E-state index is 0.0179. The largest absolute Gasteiger partial charge is 0.507 e. The van der Waals surface area contributed by atoms with Crippen molar-refractivity contribution in [1.82, 2.24) is 4.90 Å². The normalized spacial score (nSPS) is 17.4. The quantitative estimate of drug-likeness (QED) is 0.306. The topological polar surface area (TPSA) is 89.2 Å². The molecule has 1 saturated heterocycles. The fourth-order valence-corrected chi connectivity index (χ4v) is 3.86. The molecule has 170 valence electrons. The van der Waals surface area contributed by atoms with Crippen molar-refractivity contribution in [3.05, 3.63) is 89.4 Å². The number of carbonyl (C=O) groups excluding carboxylic acids is 2. The summed E-state index contributed by atoms with van der Waals surface area (Å²) in [5, 5.41) is 11.1. The molecule has 4 rings (SSSR count). The number of methoxy groups -OCH3 is 1. The number of ether oxygens (including phenoxy) is 2. The molecule has 0 saturated carbocycles. The van der Waals surface area contributed by atoms with E-state index in [9.17, 15) is 14.7 Å². The number of aliphatic hydroxyl groups excluding tert-OH is 1. The van der Waals surface area contributed by atoms with Gasteiger partial charge in [-0.1, -0.05) is 19.1 Å². The number of Topliss-reactive ketones (excluding diaryl/α,β-unsaturated/α-hetero) is 1. The molecule has 1 fully saturated rings. The van der Waals surface area contributed by atoms with Crippen molar-refractivity contribution in [2.75, 3.05) is 13.7 Å². The molecule has 1 atom stereocenters. The van der Waals surface area contributed by atoms with Gasteiger partial charge in [0.2, 0.25) is 0 Å². The number of carbonyl (C=O) groups is 2. The molecular weight excluding hydrogens is 422 g/mol. The summed E-state index contributed by atoms with van der Waals surface area (Å²) in [5.74, 6) is 0.0724. The number of rotatable bonds is 8. The Labute approximate surface area is 191 Å². The van der Waals surface area contributed by atoms with Crippen LogP contribution in [0.2, 0.25) is 0 Å². The SMILES string of the molecule is CCCOc1cccc(C2C(=C(O)c3ccc(OC)cc3)C(=O)C(=O)N2Cc2ccco2)c1. The molecule has 0 aliphatic carbocycles. The summed E-state index contributed by atoms with van der Waals surface area (Å²) in [6, 6.07) is 16.5. The van der Waals surface area contributed by atoms with Crippen molar-refractivity contribution in [1.29, 1.82) is 0 Å². The van der Waals surface area contributed by atoms with Gasteiger partial charge in [-0.15, -0.1) is 0 Å². The van der Waals surface area contributed by atoms with Crippen molar-refractivity contribution in [2.24, 2.45) is 0 Å². The molecule has 1 amide bonds. The van der Waals surface area contributed by atoms with Crippen LogP contribution >= 0.6 is 0 Å². The summed E-state index contributed by atoms with van der Waals surface area (Å²) < 4.78 is 16.4. The monoisotopic (exact) mass is 447 g/mol. The maximum atomic E-state index is 13.1. The number of furan rings is 1. The van der Waals surface area contributed by atoms with E-state index in [1.807, 2.05) is 19.1 Å². The first-order valence-corrected chi connectivity index (χ1v) is 10.7. The average Bonchev–Trinajstić information content (AvgIpc) is 3.45. The van der Waals surface area contributed by atoms with Gasteiger partial charge in [0.25, 0.3) is 11.7 Å². The highest BCUT2D eigenvalue weighted by Crippen LogP contribution is 2.41. The van der Waals surface area contributed by atoms with Crippen LogP contribution in [0.15, 0.2) is 76.9 Å². The summed E-state index contributed by atoms with van der Waals surface area (Å²) in [5.41, 5.74) is 1.09. The first-order chi connectivity index (χ1) is 16.0. The van der Waals surface area contributed by atoms with Gasteiger partial charge in [0, 0.05) is 5.56 Å². The molecule has 1 aliphatic heterocycles. The van der Waals surface area contributed by atoms with Crippen LogP contribution in [-0.2, 0) is 16.1 Å². The Hall–Kier alpha value is -4.00. The third-order valence-corrected chi connectivity index (χ3v) is 5.46. The minimum Gasteiger partial charge on any atom is -0.507 e. The highest BCUT2D eigenvalue weighted by Gasteiger charge is 2.46. The van der Waals surface area contributed by atoms with Crippen LogP contribution in [0.3, 0.4) is 0 Å². The van der Waals surface area contributed by atoms with E-state index in [0.717, 1.165) is 6.42 Å². The van der Waals surface area contributed by atoms with Gasteiger partial charge in [-0.25, -0.2) is 0 Å². The number of aliphatic hydroxyl groups is 1. The van der Waals surface area contributed by atoms with Crippen LogP contribution in [0.1, 0.15) is 36.3 Å². The second kappa shape index (κ2) is 9.65. The predicted molar refractivity (Wildman–Crippen MR) is 122 cm³/mol. The van der Waals surface area contributed by atoms with Gasteiger partial charge in [0.05, 0.1) is 38.1 Å². The standard InChI is InChI=1S/C26H25NO6/c1-3-13-32-20-7-4-6-18(15-20)23-22(24(28)17-9-11-19(31-2)12-10-17)25(29)26(30)27(23)16-21-8-5-14-33-21/h4-12,14-15,23,28H,3,13,16H2,1-2H3. The Morgan fingerprint density at radius 1 is 1.06 bits per heavy atom. The molecule has 2 heterocycles.